The number of anilines is 1. The first kappa shape index (κ1) is 19.9. The molecule has 0 aromatic heterocycles. The van der Waals surface area contributed by atoms with E-state index in [0.717, 1.165) is 19.3 Å². The van der Waals surface area contributed by atoms with Crippen LogP contribution in [-0.4, -0.2) is 6.04 Å². The summed E-state index contributed by atoms with van der Waals surface area (Å²) in [5.41, 5.74) is 15.1. The number of benzene rings is 3. The van der Waals surface area contributed by atoms with Gasteiger partial charge in [0.25, 0.3) is 0 Å². The van der Waals surface area contributed by atoms with Crippen LogP contribution in [0.2, 0.25) is 0 Å². The average molecular weight is 440 g/mol. The fourth-order valence-electron chi connectivity index (χ4n) is 6.35. The Kier molecular flexibility index (Phi) is 4.21. The van der Waals surface area contributed by atoms with Crippen molar-refractivity contribution in [2.75, 3.05) is 5.32 Å². The third kappa shape index (κ3) is 2.86. The monoisotopic (exact) mass is 439 g/mol. The molecule has 0 bridgehead atoms. The second-order valence-corrected chi connectivity index (χ2v) is 10.5. The van der Waals surface area contributed by atoms with Crippen LogP contribution in [0.1, 0.15) is 49.8 Å². The van der Waals surface area contributed by atoms with Gasteiger partial charge in [0.15, 0.2) is 0 Å². The molecule has 1 aliphatic heterocycles. The molecule has 1 atom stereocenters. The predicted molar refractivity (Wildman–Crippen MR) is 145 cm³/mol. The molecule has 4 aliphatic rings. The topological polar surface area (TPSA) is 12.0 Å². The lowest BCUT2D eigenvalue weighted by atomic mass is 9.80. The van der Waals surface area contributed by atoms with Crippen LogP contribution in [0, 0.1) is 0 Å². The van der Waals surface area contributed by atoms with Crippen molar-refractivity contribution >= 4 is 16.8 Å². The molecule has 3 aromatic carbocycles. The van der Waals surface area contributed by atoms with E-state index >= 15 is 0 Å². The number of nitrogens with one attached hydrogen (secondary N) is 1. The Labute approximate surface area is 202 Å². The largest absolute Gasteiger partial charge is 0.377 e. The smallest absolute Gasteiger partial charge is 0.0555 e. The van der Waals surface area contributed by atoms with Crippen molar-refractivity contribution in [1.29, 1.82) is 0 Å². The van der Waals surface area contributed by atoms with Gasteiger partial charge in [-0.15, -0.1) is 0 Å². The van der Waals surface area contributed by atoms with Gasteiger partial charge >= 0.3 is 0 Å². The average Bonchev–Trinajstić information content (AvgIpc) is 3.36. The molecule has 3 aliphatic carbocycles. The Morgan fingerprint density at radius 3 is 2.38 bits per heavy atom. The van der Waals surface area contributed by atoms with Gasteiger partial charge in [-0.3, -0.25) is 0 Å². The van der Waals surface area contributed by atoms with E-state index in [1.807, 2.05) is 0 Å². The molecule has 1 N–H and O–H groups in total. The molecular weight excluding hydrogens is 410 g/mol. The molecule has 0 radical (unpaired) electrons. The summed E-state index contributed by atoms with van der Waals surface area (Å²) in [6.07, 6.45) is 15.0. The highest BCUT2D eigenvalue weighted by Gasteiger charge is 2.38. The second-order valence-electron chi connectivity index (χ2n) is 10.5. The molecule has 1 heteroatoms. The lowest BCUT2D eigenvalue weighted by Gasteiger charge is -2.23. The summed E-state index contributed by atoms with van der Waals surface area (Å²) >= 11 is 0. The maximum Gasteiger partial charge on any atom is 0.0555 e. The summed E-state index contributed by atoms with van der Waals surface area (Å²) in [7, 11) is 0. The van der Waals surface area contributed by atoms with E-state index in [9.17, 15) is 0 Å². The van der Waals surface area contributed by atoms with Crippen LogP contribution in [0.3, 0.4) is 0 Å². The normalized spacial score (nSPS) is 20.9. The summed E-state index contributed by atoms with van der Waals surface area (Å²) in [6.45, 7) is 4.76. The zero-order valence-corrected chi connectivity index (χ0v) is 19.9. The second kappa shape index (κ2) is 7.21. The minimum absolute atomic E-state index is 0.0706. The van der Waals surface area contributed by atoms with Gasteiger partial charge < -0.3 is 5.32 Å². The number of rotatable bonds is 2. The molecule has 1 heterocycles. The van der Waals surface area contributed by atoms with Crippen molar-refractivity contribution < 1.29 is 0 Å². The number of hydrogen-bond donors (Lipinski definition) is 1. The summed E-state index contributed by atoms with van der Waals surface area (Å²) in [6, 6.07) is 23.4. The van der Waals surface area contributed by atoms with Crippen molar-refractivity contribution in [2.45, 2.75) is 44.6 Å². The van der Waals surface area contributed by atoms with Crippen molar-refractivity contribution in [3.63, 3.8) is 0 Å². The van der Waals surface area contributed by atoms with Crippen LogP contribution in [-0.2, 0) is 5.41 Å². The van der Waals surface area contributed by atoms with E-state index < -0.39 is 0 Å². The minimum atomic E-state index is 0.0706. The molecular formula is C33H29N. The Morgan fingerprint density at radius 1 is 0.794 bits per heavy atom. The maximum absolute atomic E-state index is 3.72. The van der Waals surface area contributed by atoms with Crippen molar-refractivity contribution in [1.82, 2.24) is 0 Å². The lowest BCUT2D eigenvalue weighted by Crippen LogP contribution is -2.15. The predicted octanol–water partition coefficient (Wildman–Crippen LogP) is 8.55. The van der Waals surface area contributed by atoms with Gasteiger partial charge in [0.2, 0.25) is 0 Å². The number of allylic oxidation sites excluding steroid dienone is 6. The molecule has 166 valence electrons. The van der Waals surface area contributed by atoms with Crippen LogP contribution < -0.4 is 5.32 Å². The quantitative estimate of drug-likeness (QED) is 0.422. The first-order valence-electron chi connectivity index (χ1n) is 12.5. The highest BCUT2D eigenvalue weighted by atomic mass is 15.0. The van der Waals surface area contributed by atoms with Crippen LogP contribution in [0.5, 0.6) is 0 Å². The molecule has 0 fully saturated rings. The molecule has 0 saturated heterocycles. The molecule has 0 saturated carbocycles. The maximum atomic E-state index is 3.72. The van der Waals surface area contributed by atoms with Gasteiger partial charge in [0.1, 0.15) is 0 Å². The van der Waals surface area contributed by atoms with E-state index in [0.29, 0.717) is 6.04 Å². The molecule has 3 aromatic rings. The van der Waals surface area contributed by atoms with Crippen LogP contribution in [0.4, 0.5) is 5.69 Å². The highest BCUT2D eigenvalue weighted by Crippen LogP contribution is 2.52. The van der Waals surface area contributed by atoms with E-state index in [1.165, 1.54) is 61.4 Å². The zero-order chi connectivity index (χ0) is 22.9. The van der Waals surface area contributed by atoms with Gasteiger partial charge in [-0.05, 0) is 87.6 Å². The van der Waals surface area contributed by atoms with Gasteiger partial charge in [-0.25, -0.2) is 0 Å². The number of fused-ring (bicyclic) bond motifs is 6. The number of hydrogen-bond acceptors (Lipinski definition) is 1. The molecule has 7 rings (SSSR count). The first-order valence-corrected chi connectivity index (χ1v) is 12.5. The lowest BCUT2D eigenvalue weighted by molar-refractivity contribution is 0.655. The molecule has 0 spiro atoms. The Balaban J connectivity index is 1.27. The van der Waals surface area contributed by atoms with E-state index in [-0.39, 0.29) is 5.41 Å². The van der Waals surface area contributed by atoms with Gasteiger partial charge in [-0.2, -0.15) is 0 Å². The summed E-state index contributed by atoms with van der Waals surface area (Å²) in [5, 5.41) is 3.72. The zero-order valence-electron chi connectivity index (χ0n) is 19.9. The van der Waals surface area contributed by atoms with Gasteiger partial charge in [-0.1, -0.05) is 86.7 Å². The van der Waals surface area contributed by atoms with Crippen LogP contribution in [0.15, 0.2) is 96.6 Å². The Morgan fingerprint density at radius 2 is 1.53 bits per heavy atom. The highest BCUT2D eigenvalue weighted by molar-refractivity contribution is 5.92. The third-order valence-electron chi connectivity index (χ3n) is 8.16. The molecule has 1 nitrogen and oxygen atoms in total. The molecule has 0 amide bonds. The van der Waals surface area contributed by atoms with E-state index in [2.05, 4.69) is 110 Å². The molecule has 34 heavy (non-hydrogen) atoms. The SMILES string of the molecule is CC1(C)C2=CCCC=C2c2ccc(-c3cccc(-c4ccc5c(c4)NC4CC=CC=C54)c3)cc21. The van der Waals surface area contributed by atoms with E-state index in [1.54, 1.807) is 0 Å². The summed E-state index contributed by atoms with van der Waals surface area (Å²) in [4.78, 5) is 0. The summed E-state index contributed by atoms with van der Waals surface area (Å²) in [5.74, 6) is 0. The fraction of sp³-hybridized carbons (Fsp3) is 0.212. The van der Waals surface area contributed by atoms with Crippen molar-refractivity contribution in [2.24, 2.45) is 0 Å². The fourth-order valence-corrected chi connectivity index (χ4v) is 6.35. The standard InChI is InChI=1S/C33H29N/c1-33(2)29-12-5-3-10-25(29)26-16-14-23(19-30(26)33)21-8-7-9-22(18-21)24-15-17-28-27-11-4-6-13-31(27)34-32(28)20-24/h4,6-12,14-20,31,34H,3,5,13H2,1-2H3. The minimum Gasteiger partial charge on any atom is -0.377 e. The van der Waals surface area contributed by atoms with Gasteiger partial charge in [0, 0.05) is 16.7 Å². The summed E-state index contributed by atoms with van der Waals surface area (Å²) < 4.78 is 0. The third-order valence-corrected chi connectivity index (χ3v) is 8.16. The van der Waals surface area contributed by atoms with Crippen LogP contribution >= 0.6 is 0 Å². The Bertz CT molecular complexity index is 1470. The van der Waals surface area contributed by atoms with Crippen molar-refractivity contribution in [3.05, 3.63) is 113 Å². The molecule has 1 unspecified atom stereocenters. The van der Waals surface area contributed by atoms with E-state index in [4.69, 9.17) is 0 Å². The van der Waals surface area contributed by atoms with Crippen molar-refractivity contribution in [3.8, 4) is 22.3 Å². The van der Waals surface area contributed by atoms with Gasteiger partial charge in [0.05, 0.1) is 6.04 Å². The van der Waals surface area contributed by atoms with Crippen LogP contribution in [0.25, 0.3) is 33.4 Å². The Hall–Kier alpha value is -3.58. The first-order chi connectivity index (χ1) is 16.6.